The summed E-state index contributed by atoms with van der Waals surface area (Å²) >= 11 is 1.55. The van der Waals surface area contributed by atoms with Crippen molar-refractivity contribution in [2.24, 2.45) is 5.92 Å². The molecule has 1 amide bonds. The molecule has 0 radical (unpaired) electrons. The number of thiazole rings is 1. The minimum Gasteiger partial charge on any atom is -0.381 e. The molecular formula is C15H22N2O4S. The first kappa shape index (κ1) is 15.9. The van der Waals surface area contributed by atoms with Crippen LogP contribution in [-0.2, 0) is 25.6 Å². The van der Waals surface area contributed by atoms with Crippen LogP contribution in [0, 0.1) is 5.92 Å². The topological polar surface area (TPSA) is 69.7 Å². The molecule has 2 atom stereocenters. The summed E-state index contributed by atoms with van der Waals surface area (Å²) in [5.74, 6) is 0.188. The first-order valence-electron chi connectivity index (χ1n) is 7.77. The van der Waals surface area contributed by atoms with Crippen molar-refractivity contribution in [1.29, 1.82) is 0 Å². The van der Waals surface area contributed by atoms with Crippen LogP contribution in [0.1, 0.15) is 25.0 Å². The Morgan fingerprint density at radius 3 is 2.91 bits per heavy atom. The molecule has 2 saturated heterocycles. The predicted molar refractivity (Wildman–Crippen MR) is 81.6 cm³/mol. The highest BCUT2D eigenvalue weighted by Gasteiger charge is 2.31. The van der Waals surface area contributed by atoms with Crippen LogP contribution in [0.2, 0.25) is 0 Å². The maximum Gasteiger partial charge on any atom is 0.223 e. The Balaban J connectivity index is 1.51. The van der Waals surface area contributed by atoms with Gasteiger partial charge in [-0.25, -0.2) is 4.98 Å². The summed E-state index contributed by atoms with van der Waals surface area (Å²) in [6, 6.07) is 0.0164. The second-order valence-corrected chi connectivity index (χ2v) is 6.41. The van der Waals surface area contributed by atoms with E-state index in [2.05, 4.69) is 10.3 Å². The van der Waals surface area contributed by atoms with E-state index in [9.17, 15) is 4.79 Å². The van der Waals surface area contributed by atoms with E-state index in [1.807, 2.05) is 5.38 Å². The Morgan fingerprint density at radius 1 is 1.32 bits per heavy atom. The van der Waals surface area contributed by atoms with Gasteiger partial charge in [-0.3, -0.25) is 4.79 Å². The average Bonchev–Trinajstić information content (AvgIpc) is 3.08. The lowest BCUT2D eigenvalue weighted by atomic mass is 9.97. The summed E-state index contributed by atoms with van der Waals surface area (Å²) in [5, 5.41) is 5.12. The van der Waals surface area contributed by atoms with Gasteiger partial charge in [-0.15, -0.1) is 11.3 Å². The quantitative estimate of drug-likeness (QED) is 0.885. The zero-order valence-electron chi connectivity index (χ0n) is 12.5. The fourth-order valence-corrected chi connectivity index (χ4v) is 3.35. The maximum atomic E-state index is 12.4. The molecule has 0 aromatic carbocycles. The molecule has 7 heteroatoms. The molecule has 1 aromatic heterocycles. The summed E-state index contributed by atoms with van der Waals surface area (Å²) in [5.41, 5.74) is 2.71. The largest absolute Gasteiger partial charge is 0.381 e. The minimum absolute atomic E-state index is 0.0164. The smallest absolute Gasteiger partial charge is 0.223 e. The molecule has 0 unspecified atom stereocenters. The third-order valence-corrected chi connectivity index (χ3v) is 4.79. The molecule has 2 aliphatic heterocycles. The van der Waals surface area contributed by atoms with Crippen molar-refractivity contribution < 1.29 is 19.0 Å². The van der Waals surface area contributed by atoms with E-state index in [0.29, 0.717) is 33.0 Å². The van der Waals surface area contributed by atoms with Crippen molar-refractivity contribution in [3.63, 3.8) is 0 Å². The van der Waals surface area contributed by atoms with Gasteiger partial charge in [-0.1, -0.05) is 0 Å². The molecule has 22 heavy (non-hydrogen) atoms. The minimum atomic E-state index is -0.112. The molecule has 1 N–H and O–H groups in total. The van der Waals surface area contributed by atoms with Gasteiger partial charge >= 0.3 is 0 Å². The van der Waals surface area contributed by atoms with Crippen LogP contribution < -0.4 is 5.32 Å². The van der Waals surface area contributed by atoms with Gasteiger partial charge in [0.2, 0.25) is 5.91 Å². The number of amides is 1. The van der Waals surface area contributed by atoms with Crippen LogP contribution in [0.3, 0.4) is 0 Å². The Hall–Kier alpha value is -1.02. The number of nitrogens with one attached hydrogen (secondary N) is 1. The summed E-state index contributed by atoms with van der Waals surface area (Å²) in [7, 11) is 0. The van der Waals surface area contributed by atoms with Crippen molar-refractivity contribution >= 4 is 17.2 Å². The van der Waals surface area contributed by atoms with Gasteiger partial charge in [0, 0.05) is 31.1 Å². The SMILES string of the molecule is O=C(N[C@@H]1CCOC[C@H]1OCc1cscn1)C1CCOCC1. The second-order valence-electron chi connectivity index (χ2n) is 5.69. The van der Waals surface area contributed by atoms with Crippen molar-refractivity contribution in [1.82, 2.24) is 10.3 Å². The molecule has 0 saturated carbocycles. The molecule has 1 aromatic rings. The number of carbonyl (C=O) groups excluding carboxylic acids is 1. The van der Waals surface area contributed by atoms with Gasteiger partial charge in [-0.05, 0) is 19.3 Å². The highest BCUT2D eigenvalue weighted by molar-refractivity contribution is 7.07. The van der Waals surface area contributed by atoms with Crippen LogP contribution >= 0.6 is 11.3 Å². The van der Waals surface area contributed by atoms with E-state index < -0.39 is 0 Å². The molecule has 2 aliphatic rings. The summed E-state index contributed by atoms with van der Waals surface area (Å²) < 4.78 is 16.7. The first-order chi connectivity index (χ1) is 10.8. The fraction of sp³-hybridized carbons (Fsp3) is 0.733. The van der Waals surface area contributed by atoms with Crippen LogP contribution in [0.25, 0.3) is 0 Å². The van der Waals surface area contributed by atoms with E-state index in [1.165, 1.54) is 0 Å². The standard InChI is InChI=1S/C15H22N2O4S/c18-15(11-1-4-19-5-2-11)17-13-3-6-20-8-14(13)21-7-12-9-22-10-16-12/h9-11,13-14H,1-8H2,(H,17,18)/t13-,14-/m1/s1. The van der Waals surface area contributed by atoms with Gasteiger partial charge in [0.1, 0.15) is 6.10 Å². The average molecular weight is 326 g/mol. The molecule has 2 fully saturated rings. The number of carbonyl (C=O) groups is 1. The maximum absolute atomic E-state index is 12.4. The van der Waals surface area contributed by atoms with E-state index in [4.69, 9.17) is 14.2 Å². The number of hydrogen-bond acceptors (Lipinski definition) is 6. The normalized spacial score (nSPS) is 26.7. The molecule has 3 rings (SSSR count). The van der Waals surface area contributed by atoms with E-state index in [0.717, 1.165) is 25.0 Å². The first-order valence-corrected chi connectivity index (χ1v) is 8.72. The molecule has 0 aliphatic carbocycles. The van der Waals surface area contributed by atoms with Crippen LogP contribution in [0.15, 0.2) is 10.9 Å². The van der Waals surface area contributed by atoms with Gasteiger partial charge < -0.3 is 19.5 Å². The summed E-state index contributed by atoms with van der Waals surface area (Å²) in [6.45, 7) is 2.99. The van der Waals surface area contributed by atoms with E-state index >= 15 is 0 Å². The van der Waals surface area contributed by atoms with Crippen molar-refractivity contribution in [3.8, 4) is 0 Å². The second kappa shape index (κ2) is 8.01. The van der Waals surface area contributed by atoms with Gasteiger partial charge in [0.05, 0.1) is 30.5 Å². The molecule has 122 valence electrons. The van der Waals surface area contributed by atoms with Crippen molar-refractivity contribution in [2.75, 3.05) is 26.4 Å². The molecular weight excluding hydrogens is 304 g/mol. The summed E-state index contributed by atoms with van der Waals surface area (Å²) in [4.78, 5) is 16.6. The highest BCUT2D eigenvalue weighted by atomic mass is 32.1. The molecule has 0 bridgehead atoms. The Labute approximate surface area is 134 Å². The lowest BCUT2D eigenvalue weighted by Crippen LogP contribution is -2.51. The lowest BCUT2D eigenvalue weighted by Gasteiger charge is -2.33. The van der Waals surface area contributed by atoms with Crippen LogP contribution in [0.4, 0.5) is 0 Å². The Kier molecular flexibility index (Phi) is 5.77. The van der Waals surface area contributed by atoms with Crippen LogP contribution in [-0.4, -0.2) is 49.5 Å². The van der Waals surface area contributed by atoms with Gasteiger partial charge in [-0.2, -0.15) is 0 Å². The van der Waals surface area contributed by atoms with Crippen molar-refractivity contribution in [2.45, 2.75) is 38.0 Å². The number of nitrogens with zero attached hydrogens (tertiary/aromatic N) is 1. The fourth-order valence-electron chi connectivity index (χ4n) is 2.80. The zero-order valence-corrected chi connectivity index (χ0v) is 13.3. The monoisotopic (exact) mass is 326 g/mol. The van der Waals surface area contributed by atoms with E-state index in [-0.39, 0.29) is 24.0 Å². The van der Waals surface area contributed by atoms with Crippen molar-refractivity contribution in [3.05, 3.63) is 16.6 Å². The third kappa shape index (κ3) is 4.25. The van der Waals surface area contributed by atoms with E-state index in [1.54, 1.807) is 16.8 Å². The van der Waals surface area contributed by atoms with Gasteiger partial charge in [0.25, 0.3) is 0 Å². The number of ether oxygens (including phenoxy) is 3. The van der Waals surface area contributed by atoms with Crippen LogP contribution in [0.5, 0.6) is 0 Å². The Bertz CT molecular complexity index is 462. The summed E-state index contributed by atoms with van der Waals surface area (Å²) in [6.07, 6.45) is 2.29. The Morgan fingerprint density at radius 2 is 2.14 bits per heavy atom. The number of aromatic nitrogens is 1. The number of hydrogen-bond donors (Lipinski definition) is 1. The number of rotatable bonds is 5. The predicted octanol–water partition coefficient (Wildman–Crippen LogP) is 1.36. The van der Waals surface area contributed by atoms with Gasteiger partial charge in [0.15, 0.2) is 0 Å². The molecule has 6 nitrogen and oxygen atoms in total. The highest BCUT2D eigenvalue weighted by Crippen LogP contribution is 2.18. The lowest BCUT2D eigenvalue weighted by molar-refractivity contribution is -0.133. The molecule has 3 heterocycles. The third-order valence-electron chi connectivity index (χ3n) is 4.15. The zero-order chi connectivity index (χ0) is 15.2. The molecule has 0 spiro atoms.